The van der Waals surface area contributed by atoms with Crippen LogP contribution in [0, 0.1) is 17.0 Å². The van der Waals surface area contributed by atoms with Crippen molar-refractivity contribution in [1.82, 2.24) is 9.78 Å². The summed E-state index contributed by atoms with van der Waals surface area (Å²) in [6, 6.07) is 13.5. The zero-order valence-electron chi connectivity index (χ0n) is 13.5. The molecule has 2 aromatic carbocycles. The van der Waals surface area contributed by atoms with Crippen LogP contribution in [0.4, 0.5) is 11.5 Å². The fraction of sp³-hybridized carbons (Fsp3) is 0.0625. The second kappa shape index (κ2) is 6.89. The monoisotopic (exact) mass is 436 g/mol. The molecule has 8 nitrogen and oxygen atoms in total. The van der Waals surface area contributed by atoms with Crippen LogP contribution in [-0.2, 0) is 10.0 Å². The molecule has 0 aliphatic carbocycles. The van der Waals surface area contributed by atoms with Gasteiger partial charge >= 0.3 is 0 Å². The lowest BCUT2D eigenvalue weighted by Crippen LogP contribution is -2.16. The van der Waals surface area contributed by atoms with Gasteiger partial charge in [0.1, 0.15) is 5.82 Å². The summed E-state index contributed by atoms with van der Waals surface area (Å²) in [6.07, 6.45) is 0. The minimum absolute atomic E-state index is 0.0808. The summed E-state index contributed by atoms with van der Waals surface area (Å²) < 4.78 is 30.0. The molecule has 0 spiro atoms. The first-order valence-corrected chi connectivity index (χ1v) is 9.64. The van der Waals surface area contributed by atoms with Crippen LogP contribution >= 0.6 is 15.9 Å². The standard InChI is InChI=1S/C16H13BrN4O4S/c1-11-9-16(20(18-11)14-4-2-3-12(17)10-14)19-26(24,25)15-7-5-13(6-8-15)21(22)23/h2-10,19H,1H3. The number of nitro benzene ring substituents is 1. The van der Waals surface area contributed by atoms with E-state index >= 15 is 0 Å². The Balaban J connectivity index is 1.97. The second-order valence-corrected chi connectivity index (χ2v) is 8.02. The van der Waals surface area contributed by atoms with Crippen molar-refractivity contribution in [3.8, 4) is 5.69 Å². The van der Waals surface area contributed by atoms with Crippen LogP contribution in [0.1, 0.15) is 5.69 Å². The number of nitrogens with zero attached hydrogens (tertiary/aromatic N) is 3. The van der Waals surface area contributed by atoms with E-state index in [1.165, 1.54) is 16.8 Å². The number of hydrogen-bond donors (Lipinski definition) is 1. The minimum atomic E-state index is -3.93. The van der Waals surface area contributed by atoms with E-state index in [2.05, 4.69) is 25.8 Å². The van der Waals surface area contributed by atoms with E-state index in [-0.39, 0.29) is 16.4 Å². The van der Waals surface area contributed by atoms with Crippen molar-refractivity contribution < 1.29 is 13.3 Å². The lowest BCUT2D eigenvalue weighted by molar-refractivity contribution is -0.384. The zero-order chi connectivity index (χ0) is 18.9. The van der Waals surface area contributed by atoms with E-state index in [4.69, 9.17) is 0 Å². The van der Waals surface area contributed by atoms with Gasteiger partial charge in [0.15, 0.2) is 0 Å². The van der Waals surface area contributed by atoms with Crippen LogP contribution in [0.3, 0.4) is 0 Å². The molecule has 1 heterocycles. The van der Waals surface area contributed by atoms with Gasteiger partial charge in [-0.3, -0.25) is 14.8 Å². The number of benzene rings is 2. The number of nitrogens with one attached hydrogen (secondary N) is 1. The second-order valence-electron chi connectivity index (χ2n) is 5.42. The van der Waals surface area contributed by atoms with Gasteiger partial charge < -0.3 is 0 Å². The van der Waals surface area contributed by atoms with Gasteiger partial charge in [-0.05, 0) is 37.3 Å². The fourth-order valence-corrected chi connectivity index (χ4v) is 3.74. The quantitative estimate of drug-likeness (QED) is 0.484. The van der Waals surface area contributed by atoms with Gasteiger partial charge in [-0.2, -0.15) is 5.10 Å². The summed E-state index contributed by atoms with van der Waals surface area (Å²) >= 11 is 3.37. The van der Waals surface area contributed by atoms with Gasteiger partial charge in [0.05, 0.1) is 21.2 Å². The average Bonchev–Trinajstić information content (AvgIpc) is 2.94. The van der Waals surface area contributed by atoms with E-state index in [1.54, 1.807) is 25.1 Å². The highest BCUT2D eigenvalue weighted by molar-refractivity contribution is 9.10. The van der Waals surface area contributed by atoms with E-state index in [0.717, 1.165) is 16.6 Å². The van der Waals surface area contributed by atoms with Crippen LogP contribution in [0.25, 0.3) is 5.69 Å². The molecule has 0 aliphatic rings. The Labute approximate surface area is 157 Å². The molecular weight excluding hydrogens is 424 g/mol. The lowest BCUT2D eigenvalue weighted by atomic mass is 10.3. The van der Waals surface area contributed by atoms with Crippen molar-refractivity contribution in [3.63, 3.8) is 0 Å². The van der Waals surface area contributed by atoms with Crippen molar-refractivity contribution in [1.29, 1.82) is 0 Å². The van der Waals surface area contributed by atoms with Gasteiger partial charge in [-0.15, -0.1) is 0 Å². The molecule has 134 valence electrons. The van der Waals surface area contributed by atoms with E-state index in [0.29, 0.717) is 11.4 Å². The molecule has 26 heavy (non-hydrogen) atoms. The number of aromatic nitrogens is 2. The van der Waals surface area contributed by atoms with E-state index in [1.807, 2.05) is 12.1 Å². The molecule has 0 amide bonds. The Hall–Kier alpha value is -2.72. The van der Waals surface area contributed by atoms with Crippen molar-refractivity contribution in [2.75, 3.05) is 4.72 Å². The van der Waals surface area contributed by atoms with Crippen LogP contribution in [0.15, 0.2) is 64.0 Å². The molecule has 0 bridgehead atoms. The number of non-ortho nitro benzene ring substituents is 1. The molecule has 3 rings (SSSR count). The number of nitro groups is 1. The van der Waals surface area contributed by atoms with E-state index < -0.39 is 14.9 Å². The number of hydrogen-bond acceptors (Lipinski definition) is 5. The number of aryl methyl sites for hydroxylation is 1. The number of halogens is 1. The third-order valence-electron chi connectivity index (χ3n) is 3.48. The molecule has 0 unspecified atom stereocenters. The Morgan fingerprint density at radius 1 is 1.15 bits per heavy atom. The summed E-state index contributed by atoms with van der Waals surface area (Å²) in [6.45, 7) is 1.75. The molecule has 3 aromatic rings. The van der Waals surface area contributed by atoms with Gasteiger partial charge in [0.2, 0.25) is 0 Å². The normalized spacial score (nSPS) is 11.3. The van der Waals surface area contributed by atoms with Crippen molar-refractivity contribution in [2.45, 2.75) is 11.8 Å². The SMILES string of the molecule is Cc1cc(NS(=O)(=O)c2ccc([N+](=O)[O-])cc2)n(-c2cccc(Br)c2)n1. The van der Waals surface area contributed by atoms with Crippen LogP contribution in [0.5, 0.6) is 0 Å². The molecule has 0 fully saturated rings. The smallest absolute Gasteiger partial charge is 0.263 e. The Morgan fingerprint density at radius 3 is 2.46 bits per heavy atom. The highest BCUT2D eigenvalue weighted by Crippen LogP contribution is 2.23. The number of sulfonamides is 1. The maximum absolute atomic E-state index is 12.6. The third kappa shape index (κ3) is 3.75. The predicted octanol–water partition coefficient (Wildman–Crippen LogP) is 3.65. The lowest BCUT2D eigenvalue weighted by Gasteiger charge is -2.11. The molecule has 0 radical (unpaired) electrons. The number of rotatable bonds is 5. The summed E-state index contributed by atoms with van der Waals surface area (Å²) in [7, 11) is -3.93. The predicted molar refractivity (Wildman–Crippen MR) is 99.9 cm³/mol. The van der Waals surface area contributed by atoms with Crippen LogP contribution < -0.4 is 4.72 Å². The Bertz CT molecular complexity index is 1080. The van der Waals surface area contributed by atoms with E-state index in [9.17, 15) is 18.5 Å². The van der Waals surface area contributed by atoms with Gasteiger partial charge in [0.25, 0.3) is 15.7 Å². The molecule has 0 aliphatic heterocycles. The molecule has 0 atom stereocenters. The molecular formula is C16H13BrN4O4S. The van der Waals surface area contributed by atoms with Crippen molar-refractivity contribution in [3.05, 3.63) is 74.9 Å². The van der Waals surface area contributed by atoms with Crippen molar-refractivity contribution >= 4 is 37.5 Å². The average molecular weight is 437 g/mol. The van der Waals surface area contributed by atoms with Gasteiger partial charge in [-0.25, -0.2) is 13.1 Å². The molecule has 1 N–H and O–H groups in total. The Morgan fingerprint density at radius 2 is 1.85 bits per heavy atom. The third-order valence-corrected chi connectivity index (χ3v) is 5.34. The maximum Gasteiger partial charge on any atom is 0.269 e. The summed E-state index contributed by atoms with van der Waals surface area (Å²) in [5.74, 6) is 0.263. The molecule has 10 heteroatoms. The highest BCUT2D eigenvalue weighted by atomic mass is 79.9. The first-order valence-electron chi connectivity index (χ1n) is 7.36. The maximum atomic E-state index is 12.6. The summed E-state index contributed by atoms with van der Waals surface area (Å²) in [5, 5.41) is 15.0. The summed E-state index contributed by atoms with van der Waals surface area (Å²) in [4.78, 5) is 10.0. The van der Waals surface area contributed by atoms with Crippen molar-refractivity contribution in [2.24, 2.45) is 0 Å². The summed E-state index contributed by atoms with van der Waals surface area (Å²) in [5.41, 5.74) is 1.12. The zero-order valence-corrected chi connectivity index (χ0v) is 15.9. The topological polar surface area (TPSA) is 107 Å². The minimum Gasteiger partial charge on any atom is -0.263 e. The van der Waals surface area contributed by atoms with Crippen LogP contribution in [0.2, 0.25) is 0 Å². The molecule has 0 saturated heterocycles. The number of anilines is 1. The fourth-order valence-electron chi connectivity index (χ4n) is 2.32. The van der Waals surface area contributed by atoms with Gasteiger partial charge in [-0.1, -0.05) is 22.0 Å². The van der Waals surface area contributed by atoms with Crippen LogP contribution in [-0.4, -0.2) is 23.1 Å². The highest BCUT2D eigenvalue weighted by Gasteiger charge is 2.19. The largest absolute Gasteiger partial charge is 0.269 e. The Kier molecular flexibility index (Phi) is 4.79. The molecule has 1 aromatic heterocycles. The van der Waals surface area contributed by atoms with Gasteiger partial charge in [0, 0.05) is 22.7 Å². The first kappa shape index (κ1) is 18.1. The molecule has 0 saturated carbocycles. The first-order chi connectivity index (χ1) is 12.3.